The molecule has 1 unspecified atom stereocenters. The molecule has 1 heterocycles. The summed E-state index contributed by atoms with van der Waals surface area (Å²) in [5, 5.41) is 3.80. The molecular formula is C16H28N2OS. The van der Waals surface area contributed by atoms with Gasteiger partial charge in [-0.3, -0.25) is 10.1 Å². The summed E-state index contributed by atoms with van der Waals surface area (Å²) in [6, 6.07) is 0. The molecule has 1 saturated heterocycles. The Morgan fingerprint density at radius 3 is 2.60 bits per heavy atom. The lowest BCUT2D eigenvalue weighted by Crippen LogP contribution is -2.46. The van der Waals surface area contributed by atoms with Crippen LogP contribution >= 0.6 is 11.8 Å². The van der Waals surface area contributed by atoms with Crippen molar-refractivity contribution in [1.82, 2.24) is 10.2 Å². The van der Waals surface area contributed by atoms with Gasteiger partial charge in [-0.05, 0) is 50.0 Å². The Bertz CT molecular complexity index is 348. The number of hydrogen-bond acceptors (Lipinski definition) is 3. The average Bonchev–Trinajstić information content (AvgIpc) is 3.16. The van der Waals surface area contributed by atoms with Crippen LogP contribution in [0.15, 0.2) is 0 Å². The smallest absolute Gasteiger partial charge is 0.244 e. The number of hydrogen-bond donors (Lipinski definition) is 1. The number of carbonyl (C=O) groups excluding carboxylic acids is 1. The molecule has 1 amide bonds. The Morgan fingerprint density at radius 2 is 1.95 bits per heavy atom. The quantitative estimate of drug-likeness (QED) is 0.792. The summed E-state index contributed by atoms with van der Waals surface area (Å²) in [7, 11) is 0. The molecule has 4 heteroatoms. The van der Waals surface area contributed by atoms with Gasteiger partial charge in [0.1, 0.15) is 0 Å². The maximum atomic E-state index is 12.9. The monoisotopic (exact) mass is 296 g/mol. The molecule has 1 aliphatic heterocycles. The van der Waals surface area contributed by atoms with Gasteiger partial charge in [0.05, 0.1) is 11.7 Å². The fraction of sp³-hybridized carbons (Fsp3) is 0.938. The average molecular weight is 296 g/mol. The van der Waals surface area contributed by atoms with Gasteiger partial charge in [0.15, 0.2) is 0 Å². The van der Waals surface area contributed by atoms with Gasteiger partial charge in [-0.25, -0.2) is 0 Å². The molecule has 3 rings (SSSR count). The van der Waals surface area contributed by atoms with Crippen molar-refractivity contribution in [3.63, 3.8) is 0 Å². The second-order valence-corrected chi connectivity index (χ2v) is 7.75. The molecule has 0 radical (unpaired) electrons. The maximum absolute atomic E-state index is 12.9. The molecule has 3 fully saturated rings. The van der Waals surface area contributed by atoms with Crippen LogP contribution in [0.25, 0.3) is 0 Å². The molecule has 3 aliphatic rings. The first-order chi connectivity index (χ1) is 9.77. The lowest BCUT2D eigenvalue weighted by atomic mass is 9.97. The summed E-state index contributed by atoms with van der Waals surface area (Å²) >= 11 is 1.89. The van der Waals surface area contributed by atoms with Gasteiger partial charge in [-0.1, -0.05) is 25.7 Å². The zero-order valence-electron chi connectivity index (χ0n) is 12.7. The fourth-order valence-corrected chi connectivity index (χ4v) is 4.84. The molecule has 0 aromatic rings. The summed E-state index contributed by atoms with van der Waals surface area (Å²) in [6.07, 6.45) is 13.5. The third-order valence-corrected chi connectivity index (χ3v) is 6.18. The third kappa shape index (κ3) is 2.61. The van der Waals surface area contributed by atoms with E-state index in [2.05, 4.69) is 16.5 Å². The van der Waals surface area contributed by atoms with E-state index < -0.39 is 0 Å². The van der Waals surface area contributed by atoms with Gasteiger partial charge < -0.3 is 4.90 Å². The van der Waals surface area contributed by atoms with Crippen LogP contribution in [0.3, 0.4) is 0 Å². The molecular weight excluding hydrogens is 268 g/mol. The normalized spacial score (nSPS) is 29.9. The highest BCUT2D eigenvalue weighted by atomic mass is 32.2. The Kier molecular flexibility index (Phi) is 4.61. The number of thioether (sulfide) groups is 1. The standard InChI is InChI=1S/C16H28N2OS/c1-20-12-6-11-18-14(13-7-2-3-8-13)17-16(15(18)19)9-4-5-10-16/h13-14,17H,2-12H2,1H3. The lowest BCUT2D eigenvalue weighted by Gasteiger charge is -2.29. The van der Waals surface area contributed by atoms with E-state index in [1.807, 2.05) is 11.8 Å². The highest BCUT2D eigenvalue weighted by Gasteiger charge is 2.53. The second-order valence-electron chi connectivity index (χ2n) is 6.77. The molecule has 114 valence electrons. The maximum Gasteiger partial charge on any atom is 0.244 e. The largest absolute Gasteiger partial charge is 0.325 e. The van der Waals surface area contributed by atoms with Crippen LogP contribution < -0.4 is 5.32 Å². The van der Waals surface area contributed by atoms with E-state index >= 15 is 0 Å². The van der Waals surface area contributed by atoms with Crippen molar-refractivity contribution in [2.45, 2.75) is 69.5 Å². The molecule has 0 aromatic heterocycles. The molecule has 3 nitrogen and oxygen atoms in total. The number of carbonyl (C=O) groups is 1. The molecule has 1 N–H and O–H groups in total. The predicted octanol–water partition coefficient (Wildman–Crippen LogP) is 3.00. The van der Waals surface area contributed by atoms with Crippen LogP contribution in [-0.4, -0.2) is 41.1 Å². The minimum absolute atomic E-state index is 0.174. The van der Waals surface area contributed by atoms with E-state index in [-0.39, 0.29) is 5.54 Å². The minimum Gasteiger partial charge on any atom is -0.325 e. The Balaban J connectivity index is 1.73. The first kappa shape index (κ1) is 14.7. The summed E-state index contributed by atoms with van der Waals surface area (Å²) < 4.78 is 0. The van der Waals surface area contributed by atoms with E-state index in [9.17, 15) is 4.79 Å². The fourth-order valence-electron chi connectivity index (χ4n) is 4.43. The first-order valence-corrected chi connectivity index (χ1v) is 9.74. The van der Waals surface area contributed by atoms with Gasteiger partial charge in [0, 0.05) is 6.54 Å². The summed E-state index contributed by atoms with van der Waals surface area (Å²) in [4.78, 5) is 15.2. The molecule has 20 heavy (non-hydrogen) atoms. The van der Waals surface area contributed by atoms with Crippen molar-refractivity contribution in [3.8, 4) is 0 Å². The van der Waals surface area contributed by atoms with Gasteiger partial charge in [0.25, 0.3) is 0 Å². The van der Waals surface area contributed by atoms with E-state index in [0.717, 1.165) is 31.6 Å². The van der Waals surface area contributed by atoms with Gasteiger partial charge >= 0.3 is 0 Å². The summed E-state index contributed by atoms with van der Waals surface area (Å²) in [5.41, 5.74) is -0.174. The zero-order valence-corrected chi connectivity index (χ0v) is 13.5. The summed E-state index contributed by atoms with van der Waals surface area (Å²) in [6.45, 7) is 0.954. The molecule has 0 bridgehead atoms. The van der Waals surface area contributed by atoms with E-state index in [1.54, 1.807) is 0 Å². The van der Waals surface area contributed by atoms with Crippen molar-refractivity contribution in [2.75, 3.05) is 18.6 Å². The van der Waals surface area contributed by atoms with Crippen molar-refractivity contribution >= 4 is 17.7 Å². The van der Waals surface area contributed by atoms with Crippen LogP contribution in [0.4, 0.5) is 0 Å². The zero-order chi connectivity index (χ0) is 14.0. The van der Waals surface area contributed by atoms with Gasteiger partial charge in [0.2, 0.25) is 5.91 Å². The highest BCUT2D eigenvalue weighted by Crippen LogP contribution is 2.41. The van der Waals surface area contributed by atoms with Crippen LogP contribution in [0, 0.1) is 5.92 Å². The van der Waals surface area contributed by atoms with E-state index in [0.29, 0.717) is 18.0 Å². The topological polar surface area (TPSA) is 32.3 Å². The SMILES string of the molecule is CSCCCN1C(=O)C2(CCCC2)NC1C1CCCC1. The van der Waals surface area contributed by atoms with Gasteiger partial charge in [-0.15, -0.1) is 0 Å². The number of amides is 1. The Hall–Kier alpha value is -0.220. The Labute approximate surface area is 127 Å². The van der Waals surface area contributed by atoms with Crippen LogP contribution in [0.1, 0.15) is 57.8 Å². The van der Waals surface area contributed by atoms with Crippen molar-refractivity contribution in [1.29, 1.82) is 0 Å². The van der Waals surface area contributed by atoms with Crippen molar-refractivity contribution in [3.05, 3.63) is 0 Å². The van der Waals surface area contributed by atoms with E-state index in [1.165, 1.54) is 38.5 Å². The lowest BCUT2D eigenvalue weighted by molar-refractivity contribution is -0.133. The first-order valence-electron chi connectivity index (χ1n) is 8.34. The Morgan fingerprint density at radius 1 is 1.25 bits per heavy atom. The third-order valence-electron chi connectivity index (χ3n) is 5.48. The number of nitrogens with one attached hydrogen (secondary N) is 1. The van der Waals surface area contributed by atoms with Crippen LogP contribution in [0.2, 0.25) is 0 Å². The second kappa shape index (κ2) is 6.27. The van der Waals surface area contributed by atoms with E-state index in [4.69, 9.17) is 0 Å². The van der Waals surface area contributed by atoms with Crippen molar-refractivity contribution < 1.29 is 4.79 Å². The molecule has 2 saturated carbocycles. The molecule has 1 atom stereocenters. The van der Waals surface area contributed by atoms with Crippen LogP contribution in [0.5, 0.6) is 0 Å². The molecule has 2 aliphatic carbocycles. The number of rotatable bonds is 5. The summed E-state index contributed by atoms with van der Waals surface area (Å²) in [5.74, 6) is 2.29. The molecule has 0 aromatic carbocycles. The molecule has 1 spiro atoms. The minimum atomic E-state index is -0.174. The predicted molar refractivity (Wildman–Crippen MR) is 84.8 cm³/mol. The number of nitrogens with zero attached hydrogens (tertiary/aromatic N) is 1. The van der Waals surface area contributed by atoms with Crippen molar-refractivity contribution in [2.24, 2.45) is 5.92 Å². The van der Waals surface area contributed by atoms with Gasteiger partial charge in [-0.2, -0.15) is 11.8 Å². The van der Waals surface area contributed by atoms with Crippen LogP contribution in [-0.2, 0) is 4.79 Å². The highest BCUT2D eigenvalue weighted by molar-refractivity contribution is 7.98.